The van der Waals surface area contributed by atoms with Crippen LogP contribution in [0.2, 0.25) is 0 Å². The number of benzene rings is 2. The third kappa shape index (κ3) is 5.91. The quantitative estimate of drug-likeness (QED) is 0.544. The lowest BCUT2D eigenvalue weighted by molar-refractivity contribution is -0.121. The van der Waals surface area contributed by atoms with Crippen molar-refractivity contribution in [1.29, 1.82) is 0 Å². The predicted octanol–water partition coefficient (Wildman–Crippen LogP) is 1.86. The summed E-state index contributed by atoms with van der Waals surface area (Å²) in [6.07, 6.45) is -0.0595. The van der Waals surface area contributed by atoms with Gasteiger partial charge in [0.15, 0.2) is 0 Å². The van der Waals surface area contributed by atoms with Gasteiger partial charge in [0.2, 0.25) is 26.0 Å². The summed E-state index contributed by atoms with van der Waals surface area (Å²) in [7, 11) is -7.61. The maximum atomic E-state index is 12.9. The maximum absolute atomic E-state index is 12.9. The summed E-state index contributed by atoms with van der Waals surface area (Å²) < 4.78 is 51.1. The van der Waals surface area contributed by atoms with Crippen molar-refractivity contribution in [3.05, 3.63) is 57.6 Å². The minimum atomic E-state index is -3.83. The molecule has 0 radical (unpaired) electrons. The molecule has 0 saturated carbocycles. The van der Waals surface area contributed by atoms with E-state index in [-0.39, 0.29) is 35.2 Å². The van der Waals surface area contributed by atoms with Crippen LogP contribution < -0.4 is 15.2 Å². The Morgan fingerprint density at radius 1 is 0.903 bits per heavy atom. The van der Waals surface area contributed by atoms with Crippen LogP contribution in [0.4, 0.5) is 0 Å². The zero-order valence-corrected chi connectivity index (χ0v) is 20.0. The van der Waals surface area contributed by atoms with E-state index in [0.29, 0.717) is 16.7 Å². The molecule has 10 heteroatoms. The summed E-state index contributed by atoms with van der Waals surface area (Å²) in [4.78, 5) is 12.3. The Labute approximate surface area is 184 Å². The van der Waals surface area contributed by atoms with Gasteiger partial charge in [0.1, 0.15) is 0 Å². The summed E-state index contributed by atoms with van der Waals surface area (Å²) in [5.74, 6) is -0.367. The summed E-state index contributed by atoms with van der Waals surface area (Å²) in [6.45, 7) is 9.37. The minimum Gasteiger partial charge on any atom is -0.352 e. The number of rotatable bonds is 8. The smallest absolute Gasteiger partial charge is 0.241 e. The first kappa shape index (κ1) is 25.0. The summed E-state index contributed by atoms with van der Waals surface area (Å²) in [5.41, 5.74) is 4.91. The lowest BCUT2D eigenvalue weighted by Gasteiger charge is -2.19. The van der Waals surface area contributed by atoms with E-state index in [4.69, 9.17) is 5.14 Å². The maximum Gasteiger partial charge on any atom is 0.241 e. The number of amides is 1. The summed E-state index contributed by atoms with van der Waals surface area (Å²) in [6, 6.07) is 5.94. The van der Waals surface area contributed by atoms with Gasteiger partial charge >= 0.3 is 0 Å². The van der Waals surface area contributed by atoms with E-state index in [1.807, 2.05) is 20.8 Å². The van der Waals surface area contributed by atoms with Crippen LogP contribution in [0.3, 0.4) is 0 Å². The first-order valence-corrected chi connectivity index (χ1v) is 12.7. The zero-order valence-electron chi connectivity index (χ0n) is 18.4. The standard InChI is InChI=1S/C21H29N3O5S2/c1-13-14(2)16(4)21(17(5)15(13)3)31(28,29)24-10-9-20(25)23-12-18-7-6-8-19(11-18)30(22,26)27/h6-8,11,24H,9-10,12H2,1-5H3,(H,23,25)(H2,22,26,27). The number of sulfonamides is 2. The molecule has 0 atom stereocenters. The largest absolute Gasteiger partial charge is 0.352 e. The van der Waals surface area contributed by atoms with Gasteiger partial charge < -0.3 is 5.32 Å². The van der Waals surface area contributed by atoms with E-state index in [1.54, 1.807) is 19.9 Å². The Balaban J connectivity index is 2.00. The number of nitrogens with two attached hydrogens (primary N) is 1. The van der Waals surface area contributed by atoms with Gasteiger partial charge in [-0.25, -0.2) is 26.7 Å². The molecule has 0 aromatic heterocycles. The van der Waals surface area contributed by atoms with E-state index < -0.39 is 20.0 Å². The van der Waals surface area contributed by atoms with E-state index in [1.165, 1.54) is 18.2 Å². The normalized spacial score (nSPS) is 12.1. The Morgan fingerprint density at radius 2 is 1.45 bits per heavy atom. The summed E-state index contributed by atoms with van der Waals surface area (Å²) >= 11 is 0. The molecule has 31 heavy (non-hydrogen) atoms. The van der Waals surface area contributed by atoms with Crippen molar-refractivity contribution in [2.24, 2.45) is 5.14 Å². The molecule has 1 amide bonds. The van der Waals surface area contributed by atoms with E-state index >= 15 is 0 Å². The number of hydrogen-bond donors (Lipinski definition) is 3. The highest BCUT2D eigenvalue weighted by Crippen LogP contribution is 2.29. The molecule has 0 aliphatic carbocycles. The SMILES string of the molecule is Cc1c(C)c(C)c(S(=O)(=O)NCCC(=O)NCc2cccc(S(N)(=O)=O)c2)c(C)c1C. The Kier molecular flexibility index (Phi) is 7.64. The molecule has 0 unspecified atom stereocenters. The lowest BCUT2D eigenvalue weighted by atomic mass is 9.95. The van der Waals surface area contributed by atoms with Crippen molar-refractivity contribution in [2.45, 2.75) is 57.4 Å². The van der Waals surface area contributed by atoms with Crippen molar-refractivity contribution >= 4 is 26.0 Å². The Hall–Kier alpha value is -2.27. The molecule has 170 valence electrons. The van der Waals surface area contributed by atoms with Crippen LogP contribution in [0.15, 0.2) is 34.1 Å². The van der Waals surface area contributed by atoms with Crippen LogP contribution in [0, 0.1) is 34.6 Å². The number of carbonyl (C=O) groups excluding carboxylic acids is 1. The topological polar surface area (TPSA) is 135 Å². The zero-order chi connectivity index (χ0) is 23.6. The second kappa shape index (κ2) is 9.47. The molecule has 0 saturated heterocycles. The first-order valence-electron chi connectivity index (χ1n) is 9.70. The monoisotopic (exact) mass is 467 g/mol. The summed E-state index contributed by atoms with van der Waals surface area (Å²) in [5, 5.41) is 7.75. The molecule has 8 nitrogen and oxygen atoms in total. The van der Waals surface area contributed by atoms with Crippen LogP contribution >= 0.6 is 0 Å². The number of carbonyl (C=O) groups is 1. The van der Waals surface area contributed by atoms with Gasteiger partial charge in [0, 0.05) is 19.5 Å². The van der Waals surface area contributed by atoms with Crippen molar-refractivity contribution in [3.8, 4) is 0 Å². The average molecular weight is 468 g/mol. The fraction of sp³-hybridized carbons (Fsp3) is 0.381. The predicted molar refractivity (Wildman–Crippen MR) is 120 cm³/mol. The second-order valence-corrected chi connectivity index (χ2v) is 10.8. The van der Waals surface area contributed by atoms with Gasteiger partial charge in [-0.1, -0.05) is 12.1 Å². The molecule has 4 N–H and O–H groups in total. The third-order valence-electron chi connectivity index (χ3n) is 5.56. The van der Waals surface area contributed by atoms with E-state index in [9.17, 15) is 21.6 Å². The van der Waals surface area contributed by atoms with Gasteiger partial charge in [-0.2, -0.15) is 0 Å². The van der Waals surface area contributed by atoms with E-state index in [0.717, 1.165) is 16.7 Å². The van der Waals surface area contributed by atoms with Crippen molar-refractivity contribution < 1.29 is 21.6 Å². The fourth-order valence-corrected chi connectivity index (χ4v) is 5.57. The van der Waals surface area contributed by atoms with Crippen LogP contribution in [0.25, 0.3) is 0 Å². The highest BCUT2D eigenvalue weighted by atomic mass is 32.2. The molecule has 2 aromatic carbocycles. The molecular formula is C21H29N3O5S2. The van der Waals surface area contributed by atoms with Crippen LogP contribution in [-0.2, 0) is 31.4 Å². The minimum absolute atomic E-state index is 0.0403. The molecule has 0 bridgehead atoms. The fourth-order valence-electron chi connectivity index (χ4n) is 3.36. The molecular weight excluding hydrogens is 438 g/mol. The number of hydrogen-bond acceptors (Lipinski definition) is 5. The second-order valence-electron chi connectivity index (χ2n) is 7.57. The highest BCUT2D eigenvalue weighted by molar-refractivity contribution is 7.89. The van der Waals surface area contributed by atoms with Gasteiger partial charge in [-0.15, -0.1) is 0 Å². The Bertz CT molecular complexity index is 1190. The molecule has 0 aliphatic rings. The highest BCUT2D eigenvalue weighted by Gasteiger charge is 2.23. The van der Waals surface area contributed by atoms with Gasteiger partial charge in [0.05, 0.1) is 9.79 Å². The van der Waals surface area contributed by atoms with Crippen LogP contribution in [-0.4, -0.2) is 29.3 Å². The molecule has 0 fully saturated rings. The van der Waals surface area contributed by atoms with Crippen LogP contribution in [0.1, 0.15) is 39.8 Å². The molecule has 2 rings (SSSR count). The van der Waals surface area contributed by atoms with Gasteiger partial charge in [0.25, 0.3) is 0 Å². The van der Waals surface area contributed by atoms with Crippen molar-refractivity contribution in [3.63, 3.8) is 0 Å². The first-order chi connectivity index (χ1) is 14.3. The molecule has 2 aromatic rings. The Morgan fingerprint density at radius 3 is 2.00 bits per heavy atom. The molecule has 0 heterocycles. The lowest BCUT2D eigenvalue weighted by Crippen LogP contribution is -2.31. The van der Waals surface area contributed by atoms with Crippen LogP contribution in [0.5, 0.6) is 0 Å². The van der Waals surface area contributed by atoms with Crippen molar-refractivity contribution in [2.75, 3.05) is 6.54 Å². The molecule has 0 spiro atoms. The van der Waals surface area contributed by atoms with Gasteiger partial charge in [-0.3, -0.25) is 4.79 Å². The van der Waals surface area contributed by atoms with E-state index in [2.05, 4.69) is 10.0 Å². The third-order valence-corrected chi connectivity index (χ3v) is 8.21. The van der Waals surface area contributed by atoms with Gasteiger partial charge in [-0.05, 0) is 80.1 Å². The number of primary sulfonamides is 1. The average Bonchev–Trinajstić information content (AvgIpc) is 2.68. The molecule has 0 aliphatic heterocycles. The number of nitrogens with one attached hydrogen (secondary N) is 2. The van der Waals surface area contributed by atoms with Crippen molar-refractivity contribution in [1.82, 2.24) is 10.0 Å².